The first-order chi connectivity index (χ1) is 11.4. The van der Waals surface area contributed by atoms with Crippen LogP contribution in [0.3, 0.4) is 0 Å². The van der Waals surface area contributed by atoms with Crippen molar-refractivity contribution < 1.29 is 14.3 Å². The molecule has 5 nitrogen and oxygen atoms in total. The number of hydrogen-bond acceptors (Lipinski definition) is 4. The second kappa shape index (κ2) is 7.83. The summed E-state index contributed by atoms with van der Waals surface area (Å²) in [6.45, 7) is 7.96. The molecule has 2 aliphatic rings. The van der Waals surface area contributed by atoms with E-state index in [1.807, 2.05) is 25.1 Å². The molecule has 0 bridgehead atoms. The van der Waals surface area contributed by atoms with E-state index in [0.29, 0.717) is 25.7 Å². The zero-order valence-electron chi connectivity index (χ0n) is 15.2. The van der Waals surface area contributed by atoms with Gasteiger partial charge in [0.25, 0.3) is 0 Å². The van der Waals surface area contributed by atoms with Crippen LogP contribution in [0.4, 0.5) is 0 Å². The minimum atomic E-state index is -0.328. The van der Waals surface area contributed by atoms with Crippen molar-refractivity contribution in [2.45, 2.75) is 45.1 Å². The monoisotopic (exact) mass is 368 g/mol. The Bertz CT molecular complexity index is 623. The third-order valence-corrected chi connectivity index (χ3v) is 4.86. The van der Waals surface area contributed by atoms with Crippen LogP contribution in [0, 0.1) is 11.8 Å². The molecule has 1 aliphatic carbocycles. The van der Waals surface area contributed by atoms with Crippen molar-refractivity contribution in [3.63, 3.8) is 0 Å². The van der Waals surface area contributed by atoms with E-state index in [-0.39, 0.29) is 35.7 Å². The molecule has 1 fully saturated rings. The van der Waals surface area contributed by atoms with Crippen molar-refractivity contribution in [2.24, 2.45) is 17.6 Å². The van der Waals surface area contributed by atoms with E-state index in [4.69, 9.17) is 15.2 Å². The smallest absolute Gasteiger partial charge is 0.224 e. The SMILES string of the molecule is CC(C)CC(C)(CN)NC(=O)C1CC1c1ccc2c(c1)OCCO2.Cl. The molecule has 25 heavy (non-hydrogen) atoms. The number of rotatable bonds is 6. The van der Waals surface area contributed by atoms with Crippen LogP contribution >= 0.6 is 12.4 Å². The van der Waals surface area contributed by atoms with E-state index in [2.05, 4.69) is 19.2 Å². The Morgan fingerprint density at radius 1 is 1.32 bits per heavy atom. The van der Waals surface area contributed by atoms with Crippen molar-refractivity contribution in [3.05, 3.63) is 23.8 Å². The largest absolute Gasteiger partial charge is 0.486 e. The van der Waals surface area contributed by atoms with Gasteiger partial charge in [0.1, 0.15) is 13.2 Å². The van der Waals surface area contributed by atoms with Crippen molar-refractivity contribution in [1.29, 1.82) is 0 Å². The predicted molar refractivity (Wildman–Crippen MR) is 101 cm³/mol. The molecule has 1 aromatic carbocycles. The molecule has 0 radical (unpaired) electrons. The maximum atomic E-state index is 12.6. The maximum Gasteiger partial charge on any atom is 0.224 e. The molecule has 3 unspecified atom stereocenters. The van der Waals surface area contributed by atoms with Crippen LogP contribution in [0.25, 0.3) is 0 Å². The lowest BCUT2D eigenvalue weighted by Crippen LogP contribution is -2.52. The third-order valence-electron chi connectivity index (χ3n) is 4.86. The zero-order valence-corrected chi connectivity index (χ0v) is 16.0. The molecule has 1 amide bonds. The first kappa shape index (κ1) is 19.9. The molecular formula is C19H29ClN2O3. The quantitative estimate of drug-likeness (QED) is 0.809. The average molecular weight is 369 g/mol. The van der Waals surface area contributed by atoms with E-state index in [9.17, 15) is 4.79 Å². The number of carbonyl (C=O) groups excluding carboxylic acids is 1. The van der Waals surface area contributed by atoms with Gasteiger partial charge >= 0.3 is 0 Å². The van der Waals surface area contributed by atoms with Crippen LogP contribution in [-0.2, 0) is 4.79 Å². The Balaban J connectivity index is 0.00000225. The predicted octanol–water partition coefficient (Wildman–Crippen LogP) is 2.86. The minimum absolute atomic E-state index is 0. The average Bonchev–Trinajstić information content (AvgIpc) is 3.34. The minimum Gasteiger partial charge on any atom is -0.486 e. The molecule has 0 aromatic heterocycles. The standard InChI is InChI=1S/C19H28N2O3.ClH/c1-12(2)10-19(3,11-20)21-18(22)15-9-14(15)13-4-5-16-17(8-13)24-7-6-23-16;/h4-5,8,12,14-15H,6-7,9-11,20H2,1-3H3,(H,21,22);1H. The van der Waals surface area contributed by atoms with Gasteiger partial charge in [0.05, 0.1) is 0 Å². The van der Waals surface area contributed by atoms with Crippen molar-refractivity contribution in [2.75, 3.05) is 19.8 Å². The van der Waals surface area contributed by atoms with Crippen LogP contribution in [0.5, 0.6) is 11.5 Å². The maximum absolute atomic E-state index is 12.6. The fourth-order valence-electron chi connectivity index (χ4n) is 3.62. The van der Waals surface area contributed by atoms with E-state index < -0.39 is 0 Å². The number of ether oxygens (including phenoxy) is 2. The first-order valence-corrected chi connectivity index (χ1v) is 8.83. The summed E-state index contributed by atoms with van der Waals surface area (Å²) in [4.78, 5) is 12.6. The number of halogens is 1. The van der Waals surface area contributed by atoms with Gasteiger partial charge in [-0.25, -0.2) is 0 Å². The molecule has 140 valence electrons. The zero-order chi connectivity index (χ0) is 17.3. The normalized spacial score (nSPS) is 23.4. The van der Waals surface area contributed by atoms with Crippen LogP contribution in [0.15, 0.2) is 18.2 Å². The lowest BCUT2D eigenvalue weighted by molar-refractivity contribution is -0.124. The highest BCUT2D eigenvalue weighted by Crippen LogP contribution is 2.49. The van der Waals surface area contributed by atoms with Gasteiger partial charge in [-0.1, -0.05) is 19.9 Å². The molecule has 1 saturated carbocycles. The van der Waals surface area contributed by atoms with Crippen LogP contribution < -0.4 is 20.5 Å². The summed E-state index contributed by atoms with van der Waals surface area (Å²) in [6, 6.07) is 6.00. The molecule has 1 heterocycles. The molecule has 3 atom stereocenters. The summed E-state index contributed by atoms with van der Waals surface area (Å²) < 4.78 is 11.2. The van der Waals surface area contributed by atoms with Crippen molar-refractivity contribution in [3.8, 4) is 11.5 Å². The summed E-state index contributed by atoms with van der Waals surface area (Å²) in [6.07, 6.45) is 1.77. The Kier molecular flexibility index (Phi) is 6.22. The van der Waals surface area contributed by atoms with Gasteiger partial charge in [-0.2, -0.15) is 0 Å². The molecule has 1 aromatic rings. The summed E-state index contributed by atoms with van der Waals surface area (Å²) in [5.74, 6) is 2.48. The molecule has 3 N–H and O–H groups in total. The van der Waals surface area contributed by atoms with E-state index in [0.717, 1.165) is 29.9 Å². The molecular weight excluding hydrogens is 340 g/mol. The van der Waals surface area contributed by atoms with Crippen LogP contribution in [0.1, 0.15) is 45.1 Å². The van der Waals surface area contributed by atoms with Gasteiger partial charge in [0.15, 0.2) is 11.5 Å². The summed E-state index contributed by atoms with van der Waals surface area (Å²) in [5, 5.41) is 3.18. The second-order valence-electron chi connectivity index (χ2n) is 7.70. The second-order valence-corrected chi connectivity index (χ2v) is 7.70. The van der Waals surface area contributed by atoms with Gasteiger partial charge in [-0.3, -0.25) is 4.79 Å². The fraction of sp³-hybridized carbons (Fsp3) is 0.632. The highest BCUT2D eigenvalue weighted by molar-refractivity contribution is 5.85. The fourth-order valence-corrected chi connectivity index (χ4v) is 3.62. The Morgan fingerprint density at radius 3 is 2.64 bits per heavy atom. The summed E-state index contributed by atoms with van der Waals surface area (Å²) in [7, 11) is 0. The lowest BCUT2D eigenvalue weighted by atomic mass is 9.90. The highest BCUT2D eigenvalue weighted by Gasteiger charge is 2.45. The third kappa shape index (κ3) is 4.59. The van der Waals surface area contributed by atoms with Crippen LogP contribution in [-0.4, -0.2) is 31.2 Å². The molecule has 6 heteroatoms. The summed E-state index contributed by atoms with van der Waals surface area (Å²) in [5.41, 5.74) is 6.72. The number of amides is 1. The number of hydrogen-bond donors (Lipinski definition) is 2. The first-order valence-electron chi connectivity index (χ1n) is 8.83. The number of benzene rings is 1. The Morgan fingerprint density at radius 2 is 2.00 bits per heavy atom. The van der Waals surface area contributed by atoms with Crippen molar-refractivity contribution in [1.82, 2.24) is 5.32 Å². The lowest BCUT2D eigenvalue weighted by Gasteiger charge is -2.31. The number of nitrogens with two attached hydrogens (primary N) is 1. The Labute approximate surface area is 156 Å². The van der Waals surface area contributed by atoms with Gasteiger partial charge in [-0.15, -0.1) is 12.4 Å². The van der Waals surface area contributed by atoms with E-state index in [1.165, 1.54) is 0 Å². The van der Waals surface area contributed by atoms with Gasteiger partial charge in [0, 0.05) is 18.0 Å². The summed E-state index contributed by atoms with van der Waals surface area (Å²) >= 11 is 0. The van der Waals surface area contributed by atoms with Gasteiger partial charge < -0.3 is 20.5 Å². The number of nitrogens with one attached hydrogen (secondary N) is 1. The van der Waals surface area contributed by atoms with Crippen molar-refractivity contribution >= 4 is 18.3 Å². The Hall–Kier alpha value is -1.46. The number of carbonyl (C=O) groups is 1. The molecule has 0 spiro atoms. The van der Waals surface area contributed by atoms with Gasteiger partial charge in [0.2, 0.25) is 5.91 Å². The topological polar surface area (TPSA) is 73.6 Å². The number of fused-ring (bicyclic) bond motifs is 1. The highest BCUT2D eigenvalue weighted by atomic mass is 35.5. The van der Waals surface area contributed by atoms with Gasteiger partial charge in [-0.05, 0) is 49.3 Å². The van der Waals surface area contributed by atoms with Crippen LogP contribution in [0.2, 0.25) is 0 Å². The molecule has 3 rings (SSSR count). The molecule has 1 aliphatic heterocycles. The molecule has 0 saturated heterocycles. The van der Waals surface area contributed by atoms with E-state index >= 15 is 0 Å². The van der Waals surface area contributed by atoms with E-state index in [1.54, 1.807) is 0 Å².